The van der Waals surface area contributed by atoms with Crippen LogP contribution in [-0.4, -0.2) is 8.18 Å². The fourth-order valence-corrected chi connectivity index (χ4v) is 4.12. The van der Waals surface area contributed by atoms with Gasteiger partial charge in [0.1, 0.15) is 0 Å². The maximum atomic E-state index is 12.9. The minimum absolute atomic E-state index is 0.914. The van der Waals surface area contributed by atoms with Gasteiger partial charge in [0, 0.05) is 11.6 Å². The highest BCUT2D eigenvalue weighted by molar-refractivity contribution is 7.83. The molecule has 0 aliphatic rings. The molecular weight excluding hydrogens is 266 g/mol. The first-order valence-corrected chi connectivity index (χ1v) is 7.75. The van der Waals surface area contributed by atoms with E-state index < -0.39 is 11.0 Å². The molecule has 0 spiro atoms. The Balaban J connectivity index is 2.19. The number of rotatable bonds is 2. The Morgan fingerprint density at radius 2 is 1.60 bits per heavy atom. The standard InChI is InChI=1S/C17H17NOS/c1-12-10-13(2)17(14(3)11-12)20(19)18-9-8-15-6-4-5-7-16(15)18/h4-11H,1-3H3. The molecule has 2 aromatic carbocycles. The summed E-state index contributed by atoms with van der Waals surface area (Å²) in [6, 6.07) is 14.2. The number of hydrogen-bond acceptors (Lipinski definition) is 1. The maximum Gasteiger partial charge on any atom is 0.157 e. The topological polar surface area (TPSA) is 22.0 Å². The molecule has 102 valence electrons. The van der Waals surface area contributed by atoms with Crippen molar-refractivity contribution in [2.45, 2.75) is 25.7 Å². The molecular formula is C17H17NOS. The van der Waals surface area contributed by atoms with Gasteiger partial charge in [0.2, 0.25) is 0 Å². The lowest BCUT2D eigenvalue weighted by atomic mass is 10.1. The van der Waals surface area contributed by atoms with Gasteiger partial charge in [-0.2, -0.15) is 0 Å². The normalized spacial score (nSPS) is 12.8. The van der Waals surface area contributed by atoms with Crippen LogP contribution in [0, 0.1) is 20.8 Å². The number of aryl methyl sites for hydroxylation is 3. The van der Waals surface area contributed by atoms with Crippen LogP contribution in [0.3, 0.4) is 0 Å². The molecule has 0 aliphatic carbocycles. The SMILES string of the molecule is Cc1cc(C)c(S(=O)n2ccc3ccccc32)c(C)c1. The van der Waals surface area contributed by atoms with Crippen LogP contribution >= 0.6 is 0 Å². The van der Waals surface area contributed by atoms with Crippen molar-refractivity contribution in [3.05, 3.63) is 65.4 Å². The summed E-state index contributed by atoms with van der Waals surface area (Å²) >= 11 is 0. The van der Waals surface area contributed by atoms with E-state index in [-0.39, 0.29) is 0 Å². The van der Waals surface area contributed by atoms with Crippen LogP contribution in [0.25, 0.3) is 10.9 Å². The third-order valence-corrected chi connectivity index (χ3v) is 5.19. The zero-order valence-electron chi connectivity index (χ0n) is 11.9. The molecule has 0 amide bonds. The lowest BCUT2D eigenvalue weighted by Crippen LogP contribution is -2.07. The summed E-state index contributed by atoms with van der Waals surface area (Å²) in [5.41, 5.74) is 4.38. The van der Waals surface area contributed by atoms with Gasteiger partial charge in [-0.15, -0.1) is 0 Å². The zero-order chi connectivity index (χ0) is 14.3. The number of para-hydroxylation sites is 1. The van der Waals surface area contributed by atoms with Crippen molar-refractivity contribution in [1.29, 1.82) is 0 Å². The van der Waals surface area contributed by atoms with Crippen molar-refractivity contribution in [3.8, 4) is 0 Å². The lowest BCUT2D eigenvalue weighted by molar-refractivity contribution is 0.677. The first-order valence-electron chi connectivity index (χ1n) is 6.64. The summed E-state index contributed by atoms with van der Waals surface area (Å²) in [7, 11) is -1.21. The smallest absolute Gasteiger partial charge is 0.157 e. The van der Waals surface area contributed by atoms with Crippen LogP contribution in [-0.2, 0) is 11.0 Å². The Labute approximate surface area is 121 Å². The molecule has 2 nitrogen and oxygen atoms in total. The molecule has 1 unspecified atom stereocenters. The van der Waals surface area contributed by atoms with E-state index in [4.69, 9.17) is 0 Å². The highest BCUT2D eigenvalue weighted by atomic mass is 32.2. The minimum atomic E-state index is -1.21. The van der Waals surface area contributed by atoms with Gasteiger partial charge in [-0.05, 0) is 44.0 Å². The third-order valence-electron chi connectivity index (χ3n) is 3.52. The van der Waals surface area contributed by atoms with E-state index in [0.717, 1.165) is 26.9 Å². The maximum absolute atomic E-state index is 12.9. The van der Waals surface area contributed by atoms with Crippen LogP contribution in [0.5, 0.6) is 0 Å². The van der Waals surface area contributed by atoms with Gasteiger partial charge in [0.05, 0.1) is 10.4 Å². The van der Waals surface area contributed by atoms with Crippen molar-refractivity contribution in [3.63, 3.8) is 0 Å². The van der Waals surface area contributed by atoms with E-state index in [2.05, 4.69) is 19.1 Å². The van der Waals surface area contributed by atoms with Gasteiger partial charge in [0.25, 0.3) is 0 Å². The molecule has 0 fully saturated rings. The fraction of sp³-hybridized carbons (Fsp3) is 0.176. The van der Waals surface area contributed by atoms with Crippen molar-refractivity contribution < 1.29 is 4.21 Å². The molecule has 20 heavy (non-hydrogen) atoms. The molecule has 3 rings (SSSR count). The summed E-state index contributed by atoms with van der Waals surface area (Å²) in [6.07, 6.45) is 1.90. The Morgan fingerprint density at radius 3 is 2.30 bits per heavy atom. The van der Waals surface area contributed by atoms with Crippen molar-refractivity contribution in [2.75, 3.05) is 0 Å². The second kappa shape index (κ2) is 4.91. The van der Waals surface area contributed by atoms with Crippen LogP contribution < -0.4 is 0 Å². The van der Waals surface area contributed by atoms with Crippen molar-refractivity contribution in [2.24, 2.45) is 0 Å². The van der Waals surface area contributed by atoms with Gasteiger partial charge >= 0.3 is 0 Å². The second-order valence-electron chi connectivity index (χ2n) is 5.18. The predicted molar refractivity (Wildman–Crippen MR) is 84.4 cm³/mol. The molecule has 0 saturated carbocycles. The summed E-state index contributed by atoms with van der Waals surface area (Å²) in [5.74, 6) is 0. The lowest BCUT2D eigenvalue weighted by Gasteiger charge is -2.12. The first-order chi connectivity index (χ1) is 9.58. The predicted octanol–water partition coefficient (Wildman–Crippen LogP) is 4.14. The highest BCUT2D eigenvalue weighted by Gasteiger charge is 2.14. The van der Waals surface area contributed by atoms with Crippen LogP contribution in [0.4, 0.5) is 0 Å². The van der Waals surface area contributed by atoms with E-state index >= 15 is 0 Å². The van der Waals surface area contributed by atoms with E-state index in [0.29, 0.717) is 0 Å². The van der Waals surface area contributed by atoms with Crippen LogP contribution in [0.2, 0.25) is 0 Å². The molecule has 0 bridgehead atoms. The van der Waals surface area contributed by atoms with E-state index in [1.165, 1.54) is 5.56 Å². The van der Waals surface area contributed by atoms with E-state index in [1.54, 1.807) is 0 Å². The van der Waals surface area contributed by atoms with Crippen molar-refractivity contribution >= 4 is 21.9 Å². The van der Waals surface area contributed by atoms with Gasteiger partial charge in [0.15, 0.2) is 11.0 Å². The zero-order valence-corrected chi connectivity index (χ0v) is 12.7. The average Bonchev–Trinajstić information content (AvgIpc) is 2.81. The Morgan fingerprint density at radius 1 is 0.950 bits per heavy atom. The quantitative estimate of drug-likeness (QED) is 0.693. The molecule has 0 saturated heterocycles. The number of fused-ring (bicyclic) bond motifs is 1. The molecule has 3 heteroatoms. The first kappa shape index (κ1) is 13.1. The molecule has 1 aromatic heterocycles. The summed E-state index contributed by atoms with van der Waals surface area (Å²) < 4.78 is 14.8. The van der Waals surface area contributed by atoms with Crippen LogP contribution in [0.15, 0.2) is 53.6 Å². The number of hydrogen-bond donors (Lipinski definition) is 0. The van der Waals surface area contributed by atoms with Gasteiger partial charge < -0.3 is 0 Å². The minimum Gasteiger partial charge on any atom is -0.263 e. The van der Waals surface area contributed by atoms with Gasteiger partial charge in [-0.3, -0.25) is 3.97 Å². The average molecular weight is 283 g/mol. The Hall–Kier alpha value is -1.87. The summed E-state index contributed by atoms with van der Waals surface area (Å²) in [4.78, 5) is 0.914. The molecule has 1 atom stereocenters. The van der Waals surface area contributed by atoms with Crippen LogP contribution in [0.1, 0.15) is 16.7 Å². The monoisotopic (exact) mass is 283 g/mol. The molecule has 0 radical (unpaired) electrons. The molecule has 3 aromatic rings. The summed E-state index contributed by atoms with van der Waals surface area (Å²) in [6.45, 7) is 6.12. The molecule has 1 heterocycles. The second-order valence-corrected chi connectivity index (χ2v) is 6.48. The third kappa shape index (κ3) is 2.08. The largest absolute Gasteiger partial charge is 0.263 e. The highest BCUT2D eigenvalue weighted by Crippen LogP contribution is 2.24. The number of benzene rings is 2. The number of nitrogens with zero attached hydrogens (tertiary/aromatic N) is 1. The van der Waals surface area contributed by atoms with Crippen molar-refractivity contribution in [1.82, 2.24) is 3.97 Å². The molecule has 0 aliphatic heterocycles. The van der Waals surface area contributed by atoms with E-state index in [1.807, 2.05) is 54.3 Å². The fourth-order valence-electron chi connectivity index (χ4n) is 2.74. The molecule has 0 N–H and O–H groups in total. The Bertz CT molecular complexity index is 794. The Kier molecular flexibility index (Phi) is 3.22. The van der Waals surface area contributed by atoms with Gasteiger partial charge in [-0.1, -0.05) is 35.9 Å². The van der Waals surface area contributed by atoms with Gasteiger partial charge in [-0.25, -0.2) is 4.21 Å². The number of aromatic nitrogens is 1. The summed E-state index contributed by atoms with van der Waals surface area (Å²) in [5, 5.41) is 1.11. The van der Waals surface area contributed by atoms with E-state index in [9.17, 15) is 4.21 Å².